The lowest BCUT2D eigenvalue weighted by Gasteiger charge is -2.29. The van der Waals surface area contributed by atoms with Crippen LogP contribution in [0, 0.1) is 5.82 Å². The molecule has 0 aliphatic heterocycles. The van der Waals surface area contributed by atoms with Crippen LogP contribution in [0.3, 0.4) is 0 Å². The van der Waals surface area contributed by atoms with Crippen LogP contribution in [-0.2, 0) is 0 Å². The zero-order chi connectivity index (χ0) is 19.1. The van der Waals surface area contributed by atoms with Gasteiger partial charge in [-0.25, -0.2) is 14.4 Å². The molecule has 0 saturated heterocycles. The normalized spacial score (nSPS) is 19.9. The van der Waals surface area contributed by atoms with Gasteiger partial charge in [-0.15, -0.1) is 4.80 Å². The highest BCUT2D eigenvalue weighted by atomic mass is 19.1. The van der Waals surface area contributed by atoms with Gasteiger partial charge in [0.25, 0.3) is 0 Å². The summed E-state index contributed by atoms with van der Waals surface area (Å²) in [5, 5.41) is 8.32. The van der Waals surface area contributed by atoms with Crippen LogP contribution in [0.1, 0.15) is 31.7 Å². The third-order valence-corrected chi connectivity index (χ3v) is 5.35. The molecule has 28 heavy (non-hydrogen) atoms. The smallest absolute Gasteiger partial charge is 0.176 e. The largest absolute Gasteiger partial charge is 0.328 e. The molecular weight excluding hydrogens is 357 g/mol. The summed E-state index contributed by atoms with van der Waals surface area (Å²) in [7, 11) is 0. The lowest BCUT2D eigenvalue weighted by atomic mass is 9.91. The Bertz CT molecular complexity index is 1120. The molecule has 3 heterocycles. The number of rotatable bonds is 3. The Labute approximate surface area is 161 Å². The molecule has 4 aromatic rings. The van der Waals surface area contributed by atoms with Gasteiger partial charge >= 0.3 is 0 Å². The number of imidazole rings is 1. The van der Waals surface area contributed by atoms with Gasteiger partial charge in [-0.1, -0.05) is 12.1 Å². The molecule has 1 saturated carbocycles. The Kier molecular flexibility index (Phi) is 4.12. The van der Waals surface area contributed by atoms with Gasteiger partial charge in [0.15, 0.2) is 5.82 Å². The molecule has 2 unspecified atom stereocenters. The minimum Gasteiger partial charge on any atom is -0.328 e. The molecular formula is C20H20FN7. The van der Waals surface area contributed by atoms with Crippen LogP contribution in [0.4, 0.5) is 4.39 Å². The molecule has 2 atom stereocenters. The van der Waals surface area contributed by atoms with Gasteiger partial charge < -0.3 is 10.3 Å². The highest BCUT2D eigenvalue weighted by molar-refractivity contribution is 5.81. The molecule has 1 aromatic carbocycles. The molecule has 2 N–H and O–H groups in total. The predicted molar refractivity (Wildman–Crippen MR) is 103 cm³/mol. The summed E-state index contributed by atoms with van der Waals surface area (Å²) in [5.74, 6) is 0.916. The standard InChI is InChI=1S/C20H20FN7/c21-16-7-2-1-6-15(16)20-26-17-12-23-19(28-24-8-9-25-28)11-18(17)27(20)14-5-3-4-13(22)10-14/h1-2,6-9,11-14H,3-5,10,22H2. The van der Waals surface area contributed by atoms with E-state index in [9.17, 15) is 4.39 Å². The van der Waals surface area contributed by atoms with Crippen LogP contribution in [0.5, 0.6) is 0 Å². The fourth-order valence-electron chi connectivity index (χ4n) is 4.07. The van der Waals surface area contributed by atoms with Crippen molar-refractivity contribution in [1.82, 2.24) is 29.5 Å². The monoisotopic (exact) mass is 377 g/mol. The Morgan fingerprint density at radius 3 is 2.71 bits per heavy atom. The molecule has 0 bridgehead atoms. The average molecular weight is 377 g/mol. The molecule has 7 nitrogen and oxygen atoms in total. The van der Waals surface area contributed by atoms with Crippen molar-refractivity contribution in [2.45, 2.75) is 37.8 Å². The van der Waals surface area contributed by atoms with Crippen LogP contribution < -0.4 is 5.73 Å². The van der Waals surface area contributed by atoms with E-state index >= 15 is 0 Å². The van der Waals surface area contributed by atoms with Crippen molar-refractivity contribution < 1.29 is 4.39 Å². The number of fused-ring (bicyclic) bond motifs is 1. The number of benzene rings is 1. The second kappa shape index (κ2) is 6.79. The van der Waals surface area contributed by atoms with E-state index in [0.29, 0.717) is 22.7 Å². The Morgan fingerprint density at radius 1 is 1.11 bits per heavy atom. The Balaban J connectivity index is 1.74. The van der Waals surface area contributed by atoms with E-state index < -0.39 is 0 Å². The van der Waals surface area contributed by atoms with Crippen molar-refractivity contribution in [3.05, 3.63) is 54.7 Å². The van der Waals surface area contributed by atoms with E-state index in [0.717, 1.165) is 31.2 Å². The van der Waals surface area contributed by atoms with Crippen molar-refractivity contribution in [3.63, 3.8) is 0 Å². The van der Waals surface area contributed by atoms with E-state index in [1.54, 1.807) is 30.7 Å². The van der Waals surface area contributed by atoms with Crippen LogP contribution >= 0.6 is 0 Å². The number of hydrogen-bond donors (Lipinski definition) is 1. The fraction of sp³-hybridized carbons (Fsp3) is 0.300. The van der Waals surface area contributed by atoms with Crippen LogP contribution in [0.2, 0.25) is 0 Å². The molecule has 0 spiro atoms. The number of nitrogens with zero attached hydrogens (tertiary/aromatic N) is 6. The SMILES string of the molecule is NC1CCCC(n2c(-c3ccccc3F)nc3cnc(-n4nccn4)cc32)C1. The van der Waals surface area contributed by atoms with Crippen molar-refractivity contribution in [2.75, 3.05) is 0 Å². The van der Waals surface area contributed by atoms with Crippen LogP contribution in [0.25, 0.3) is 28.2 Å². The van der Waals surface area contributed by atoms with Crippen LogP contribution in [-0.4, -0.2) is 35.6 Å². The first-order chi connectivity index (χ1) is 13.7. The lowest BCUT2D eigenvalue weighted by molar-refractivity contribution is 0.327. The molecule has 3 aromatic heterocycles. The number of aromatic nitrogens is 6. The average Bonchev–Trinajstić information content (AvgIpc) is 3.36. The molecule has 0 amide bonds. The molecule has 1 aliphatic rings. The van der Waals surface area contributed by atoms with Crippen molar-refractivity contribution >= 4 is 11.0 Å². The zero-order valence-corrected chi connectivity index (χ0v) is 15.2. The summed E-state index contributed by atoms with van der Waals surface area (Å²) in [6.45, 7) is 0. The van der Waals surface area contributed by atoms with Gasteiger partial charge in [-0.3, -0.25) is 0 Å². The van der Waals surface area contributed by atoms with Gasteiger partial charge in [0.2, 0.25) is 0 Å². The number of pyridine rings is 1. The summed E-state index contributed by atoms with van der Waals surface area (Å²) in [6, 6.07) is 8.94. The minimum absolute atomic E-state index is 0.138. The summed E-state index contributed by atoms with van der Waals surface area (Å²) < 4.78 is 16.7. The molecule has 142 valence electrons. The predicted octanol–water partition coefficient (Wildman–Crippen LogP) is 3.26. The van der Waals surface area contributed by atoms with Crippen molar-refractivity contribution in [2.24, 2.45) is 5.73 Å². The van der Waals surface area contributed by atoms with E-state index in [1.165, 1.54) is 10.9 Å². The quantitative estimate of drug-likeness (QED) is 0.592. The first-order valence-electron chi connectivity index (χ1n) is 9.46. The summed E-state index contributed by atoms with van der Waals surface area (Å²) in [4.78, 5) is 10.6. The summed E-state index contributed by atoms with van der Waals surface area (Å²) in [6.07, 6.45) is 8.78. The summed E-state index contributed by atoms with van der Waals surface area (Å²) >= 11 is 0. The van der Waals surface area contributed by atoms with E-state index in [1.807, 2.05) is 12.1 Å². The Morgan fingerprint density at radius 2 is 1.93 bits per heavy atom. The zero-order valence-electron chi connectivity index (χ0n) is 15.2. The number of halogens is 1. The number of hydrogen-bond acceptors (Lipinski definition) is 5. The lowest BCUT2D eigenvalue weighted by Crippen LogP contribution is -2.29. The molecule has 0 radical (unpaired) electrons. The van der Waals surface area contributed by atoms with Gasteiger partial charge in [-0.2, -0.15) is 10.2 Å². The highest BCUT2D eigenvalue weighted by Crippen LogP contribution is 2.36. The maximum Gasteiger partial charge on any atom is 0.176 e. The Hall–Kier alpha value is -3.13. The van der Waals surface area contributed by atoms with Gasteiger partial charge in [0.1, 0.15) is 17.2 Å². The van der Waals surface area contributed by atoms with E-state index in [-0.39, 0.29) is 17.9 Å². The van der Waals surface area contributed by atoms with Gasteiger partial charge in [0, 0.05) is 18.2 Å². The topological polar surface area (TPSA) is 87.4 Å². The third kappa shape index (κ3) is 2.86. The second-order valence-electron chi connectivity index (χ2n) is 7.22. The van der Waals surface area contributed by atoms with Crippen LogP contribution in [0.15, 0.2) is 48.9 Å². The van der Waals surface area contributed by atoms with Gasteiger partial charge in [-0.05, 0) is 37.8 Å². The molecule has 1 aliphatic carbocycles. The number of nitrogens with two attached hydrogens (primary N) is 1. The molecule has 1 fully saturated rings. The third-order valence-electron chi connectivity index (χ3n) is 5.35. The fourth-order valence-corrected chi connectivity index (χ4v) is 4.07. The first-order valence-corrected chi connectivity index (χ1v) is 9.46. The maximum atomic E-state index is 14.6. The second-order valence-corrected chi connectivity index (χ2v) is 7.22. The highest BCUT2D eigenvalue weighted by Gasteiger charge is 2.26. The van der Waals surface area contributed by atoms with Gasteiger partial charge in [0.05, 0.1) is 29.7 Å². The maximum absolute atomic E-state index is 14.6. The van der Waals surface area contributed by atoms with Crippen molar-refractivity contribution in [1.29, 1.82) is 0 Å². The van der Waals surface area contributed by atoms with E-state index in [2.05, 4.69) is 19.7 Å². The molecule has 8 heteroatoms. The first kappa shape index (κ1) is 17.0. The minimum atomic E-state index is -0.291. The molecule has 5 rings (SSSR count). The van der Waals surface area contributed by atoms with Crippen molar-refractivity contribution in [3.8, 4) is 17.2 Å². The van der Waals surface area contributed by atoms with E-state index in [4.69, 9.17) is 10.7 Å². The summed E-state index contributed by atoms with van der Waals surface area (Å²) in [5.41, 5.74) is 8.34.